The summed E-state index contributed by atoms with van der Waals surface area (Å²) in [7, 11) is -2.23. The molecule has 1 aliphatic carbocycles. The molecule has 10 heteroatoms. The van der Waals surface area contributed by atoms with Crippen LogP contribution in [0.3, 0.4) is 0 Å². The molecule has 0 aliphatic heterocycles. The van der Waals surface area contributed by atoms with Crippen LogP contribution in [0.15, 0.2) is 28.4 Å². The molecular weight excluding hydrogens is 434 g/mol. The standard InChI is InChI=1S/C20H24ClNO7S/c1-4-22(3)16(25)11-29-20-15(30(27,28)5-2)10-9-12(18(20)21)19(26)17-13(23)7-6-8-14(17)24/h9-10,23H,4-8,11H2,1-3H3. The molecule has 0 aromatic heterocycles. The molecule has 164 valence electrons. The molecule has 0 bridgehead atoms. The van der Waals surface area contributed by atoms with E-state index < -0.39 is 33.9 Å². The minimum atomic E-state index is -3.79. The van der Waals surface area contributed by atoms with E-state index in [1.165, 1.54) is 17.9 Å². The fourth-order valence-corrected chi connectivity index (χ4v) is 4.28. The minimum absolute atomic E-state index is 0.117. The lowest BCUT2D eigenvalue weighted by atomic mass is 9.90. The Balaban J connectivity index is 2.56. The van der Waals surface area contributed by atoms with Gasteiger partial charge in [0.05, 0.1) is 10.8 Å². The number of rotatable bonds is 8. The number of ketones is 2. The maximum Gasteiger partial charge on any atom is 0.260 e. The highest BCUT2D eigenvalue weighted by Gasteiger charge is 2.31. The van der Waals surface area contributed by atoms with Crippen molar-refractivity contribution in [1.82, 2.24) is 4.90 Å². The molecule has 1 aromatic rings. The predicted molar refractivity (Wildman–Crippen MR) is 111 cm³/mol. The van der Waals surface area contributed by atoms with Crippen LogP contribution in [0.5, 0.6) is 5.75 Å². The van der Waals surface area contributed by atoms with E-state index >= 15 is 0 Å². The topological polar surface area (TPSA) is 118 Å². The van der Waals surface area contributed by atoms with Gasteiger partial charge in [0.1, 0.15) is 16.2 Å². The predicted octanol–water partition coefficient (Wildman–Crippen LogP) is 2.74. The summed E-state index contributed by atoms with van der Waals surface area (Å²) in [5.74, 6) is -2.63. The number of hydrogen-bond acceptors (Lipinski definition) is 7. The van der Waals surface area contributed by atoms with Crippen molar-refractivity contribution in [2.75, 3.05) is 26.0 Å². The van der Waals surface area contributed by atoms with Crippen LogP contribution >= 0.6 is 11.6 Å². The van der Waals surface area contributed by atoms with E-state index in [1.807, 2.05) is 0 Å². The number of ether oxygens (including phenoxy) is 1. The highest BCUT2D eigenvalue weighted by atomic mass is 35.5. The molecule has 0 saturated heterocycles. The molecule has 0 atom stereocenters. The van der Waals surface area contributed by atoms with Gasteiger partial charge in [0, 0.05) is 32.0 Å². The van der Waals surface area contributed by atoms with Gasteiger partial charge < -0.3 is 14.7 Å². The first-order valence-electron chi connectivity index (χ1n) is 9.47. The average molecular weight is 458 g/mol. The SMILES string of the molecule is CCN(C)C(=O)COc1c(S(=O)(=O)CC)ccc(C(=O)C2=C(O)CCCC2=O)c1Cl. The molecule has 0 fully saturated rings. The van der Waals surface area contributed by atoms with E-state index in [-0.39, 0.29) is 51.2 Å². The van der Waals surface area contributed by atoms with Crippen molar-refractivity contribution in [2.24, 2.45) is 0 Å². The number of likely N-dealkylation sites (N-methyl/N-ethyl adjacent to an activating group) is 1. The second-order valence-electron chi connectivity index (χ2n) is 6.78. The van der Waals surface area contributed by atoms with E-state index in [0.29, 0.717) is 13.0 Å². The van der Waals surface area contributed by atoms with E-state index in [9.17, 15) is 27.9 Å². The van der Waals surface area contributed by atoms with Crippen LogP contribution in [0, 0.1) is 0 Å². The van der Waals surface area contributed by atoms with Gasteiger partial charge in [0.25, 0.3) is 5.91 Å². The second kappa shape index (κ2) is 9.61. The Kier molecular flexibility index (Phi) is 7.65. The Morgan fingerprint density at radius 1 is 1.23 bits per heavy atom. The van der Waals surface area contributed by atoms with E-state index in [2.05, 4.69) is 0 Å². The normalized spacial score (nSPS) is 14.6. The van der Waals surface area contributed by atoms with Crippen LogP contribution in [-0.2, 0) is 19.4 Å². The largest absolute Gasteiger partial charge is 0.511 e. The lowest BCUT2D eigenvalue weighted by molar-refractivity contribution is -0.131. The molecule has 1 amide bonds. The molecule has 1 aromatic carbocycles. The van der Waals surface area contributed by atoms with Crippen LogP contribution < -0.4 is 4.74 Å². The van der Waals surface area contributed by atoms with Crippen LogP contribution in [0.2, 0.25) is 5.02 Å². The van der Waals surface area contributed by atoms with E-state index in [4.69, 9.17) is 16.3 Å². The van der Waals surface area contributed by atoms with Gasteiger partial charge in [-0.1, -0.05) is 18.5 Å². The third kappa shape index (κ3) is 4.84. The first-order chi connectivity index (χ1) is 14.0. The summed E-state index contributed by atoms with van der Waals surface area (Å²) in [6, 6.07) is 2.34. The van der Waals surface area contributed by atoms with Crippen LogP contribution in [0.4, 0.5) is 0 Å². The Morgan fingerprint density at radius 3 is 2.47 bits per heavy atom. The smallest absolute Gasteiger partial charge is 0.260 e. The molecule has 0 unspecified atom stereocenters. The van der Waals surface area contributed by atoms with Crippen LogP contribution in [-0.4, -0.2) is 61.9 Å². The van der Waals surface area contributed by atoms with Crippen molar-refractivity contribution in [3.05, 3.63) is 34.1 Å². The number of sulfone groups is 1. The zero-order valence-corrected chi connectivity index (χ0v) is 18.6. The third-order valence-electron chi connectivity index (χ3n) is 4.87. The first-order valence-corrected chi connectivity index (χ1v) is 11.5. The Morgan fingerprint density at radius 2 is 1.90 bits per heavy atom. The maximum atomic E-state index is 12.9. The summed E-state index contributed by atoms with van der Waals surface area (Å²) < 4.78 is 30.4. The van der Waals surface area contributed by atoms with Crippen molar-refractivity contribution >= 4 is 38.9 Å². The Bertz CT molecular complexity index is 1010. The van der Waals surface area contributed by atoms with Crippen LogP contribution in [0.1, 0.15) is 43.5 Å². The zero-order valence-electron chi connectivity index (χ0n) is 17.0. The minimum Gasteiger partial charge on any atom is -0.511 e. The molecule has 1 aliphatic rings. The number of benzene rings is 1. The summed E-state index contributed by atoms with van der Waals surface area (Å²) in [5, 5.41) is 9.70. The first kappa shape index (κ1) is 23.9. The summed E-state index contributed by atoms with van der Waals surface area (Å²) in [5.41, 5.74) is -0.545. The molecule has 0 spiro atoms. The monoisotopic (exact) mass is 457 g/mol. The number of amides is 1. The average Bonchev–Trinajstić information content (AvgIpc) is 2.71. The third-order valence-corrected chi connectivity index (χ3v) is 7.00. The Hall–Kier alpha value is -2.39. The number of carbonyl (C=O) groups is 3. The summed E-state index contributed by atoms with van der Waals surface area (Å²) in [6.07, 6.45) is 0.741. The summed E-state index contributed by atoms with van der Waals surface area (Å²) in [4.78, 5) is 38.3. The molecular formula is C20H24ClNO7S. The second-order valence-corrected chi connectivity index (χ2v) is 9.41. The van der Waals surface area contributed by atoms with Gasteiger partial charge in [-0.3, -0.25) is 14.4 Å². The van der Waals surface area contributed by atoms with Gasteiger partial charge in [-0.05, 0) is 25.5 Å². The highest BCUT2D eigenvalue weighted by Crippen LogP contribution is 2.37. The summed E-state index contributed by atoms with van der Waals surface area (Å²) in [6.45, 7) is 3.13. The Labute approximate surface area is 180 Å². The molecule has 0 heterocycles. The quantitative estimate of drug-likeness (QED) is 0.471. The molecule has 0 radical (unpaired) electrons. The number of halogens is 1. The highest BCUT2D eigenvalue weighted by molar-refractivity contribution is 7.91. The lowest BCUT2D eigenvalue weighted by Crippen LogP contribution is -2.31. The fraction of sp³-hybridized carbons (Fsp3) is 0.450. The maximum absolute atomic E-state index is 12.9. The van der Waals surface area contributed by atoms with Crippen molar-refractivity contribution < 1.29 is 32.6 Å². The number of allylic oxidation sites excluding steroid dienone is 2. The van der Waals surface area contributed by atoms with Crippen molar-refractivity contribution in [2.45, 2.75) is 38.0 Å². The number of aliphatic hydroxyl groups is 1. The number of carbonyl (C=O) groups excluding carboxylic acids is 3. The molecule has 2 rings (SSSR count). The van der Waals surface area contributed by atoms with Crippen molar-refractivity contribution in [3.63, 3.8) is 0 Å². The van der Waals surface area contributed by atoms with Gasteiger partial charge in [-0.25, -0.2) is 8.42 Å². The number of nitrogens with zero attached hydrogens (tertiary/aromatic N) is 1. The van der Waals surface area contributed by atoms with Gasteiger partial charge in [-0.15, -0.1) is 0 Å². The van der Waals surface area contributed by atoms with E-state index in [1.54, 1.807) is 14.0 Å². The van der Waals surface area contributed by atoms with E-state index in [0.717, 1.165) is 6.07 Å². The molecule has 0 saturated carbocycles. The lowest BCUT2D eigenvalue weighted by Gasteiger charge is -2.19. The number of Topliss-reactive ketones (excluding diaryl/α,β-unsaturated/α-hetero) is 2. The zero-order chi connectivity index (χ0) is 22.6. The van der Waals surface area contributed by atoms with Crippen molar-refractivity contribution in [1.29, 1.82) is 0 Å². The molecule has 30 heavy (non-hydrogen) atoms. The van der Waals surface area contributed by atoms with Gasteiger partial charge in [0.15, 0.2) is 28.0 Å². The van der Waals surface area contributed by atoms with Crippen molar-refractivity contribution in [3.8, 4) is 5.75 Å². The number of hydrogen-bond donors (Lipinski definition) is 1. The molecule has 1 N–H and O–H groups in total. The number of aliphatic hydroxyl groups excluding tert-OH is 1. The fourth-order valence-electron chi connectivity index (χ4n) is 2.89. The molecule has 8 nitrogen and oxygen atoms in total. The van der Waals surface area contributed by atoms with Crippen LogP contribution in [0.25, 0.3) is 0 Å². The van der Waals surface area contributed by atoms with Gasteiger partial charge in [0.2, 0.25) is 5.78 Å². The van der Waals surface area contributed by atoms with Gasteiger partial charge >= 0.3 is 0 Å². The van der Waals surface area contributed by atoms with Gasteiger partial charge in [-0.2, -0.15) is 0 Å². The summed E-state index contributed by atoms with van der Waals surface area (Å²) >= 11 is 6.33.